The number of carbonyl (C=O) groups is 1. The molecule has 1 amide bonds. The van der Waals surface area contributed by atoms with Crippen molar-refractivity contribution in [3.05, 3.63) is 61.9 Å². The number of nitro benzene ring substituents is 1. The van der Waals surface area contributed by atoms with Gasteiger partial charge in [0.2, 0.25) is 0 Å². The van der Waals surface area contributed by atoms with Crippen LogP contribution in [0.5, 0.6) is 0 Å². The highest BCUT2D eigenvalue weighted by molar-refractivity contribution is 9.10. The molecule has 0 aliphatic rings. The van der Waals surface area contributed by atoms with Crippen LogP contribution in [-0.2, 0) is 0 Å². The summed E-state index contributed by atoms with van der Waals surface area (Å²) >= 11 is 3.30. The van der Waals surface area contributed by atoms with E-state index in [0.717, 1.165) is 17.7 Å². The van der Waals surface area contributed by atoms with Crippen LogP contribution >= 0.6 is 15.9 Å². The Morgan fingerprint density at radius 1 is 1.29 bits per heavy atom. The van der Waals surface area contributed by atoms with Gasteiger partial charge in [0.05, 0.1) is 16.2 Å². The second-order valence-corrected chi connectivity index (χ2v) is 6.26. The van der Waals surface area contributed by atoms with Crippen LogP contribution in [0.15, 0.2) is 34.8 Å². The normalized spacial score (nSPS) is 10.4. The van der Waals surface area contributed by atoms with Gasteiger partial charge < -0.3 is 10.2 Å². The van der Waals surface area contributed by atoms with Crippen LogP contribution in [-0.4, -0.2) is 24.9 Å². The molecule has 2 aromatic carbocycles. The predicted molar refractivity (Wildman–Crippen MR) is 94.2 cm³/mol. The summed E-state index contributed by atoms with van der Waals surface area (Å²) in [6, 6.07) is 7.24. The van der Waals surface area contributed by atoms with E-state index in [2.05, 4.69) is 21.2 Å². The van der Waals surface area contributed by atoms with Gasteiger partial charge >= 0.3 is 0 Å². The number of hydrogen-bond donors (Lipinski definition) is 1. The number of rotatable bonds is 4. The zero-order chi connectivity index (χ0) is 18.0. The molecule has 2 aromatic rings. The van der Waals surface area contributed by atoms with Gasteiger partial charge in [-0.15, -0.1) is 0 Å². The lowest BCUT2D eigenvalue weighted by Gasteiger charge is -2.14. The average molecular weight is 396 g/mol. The maximum atomic E-state index is 14.3. The highest BCUT2D eigenvalue weighted by Crippen LogP contribution is 2.31. The van der Waals surface area contributed by atoms with Gasteiger partial charge in [0.1, 0.15) is 11.5 Å². The summed E-state index contributed by atoms with van der Waals surface area (Å²) in [6.45, 7) is 1.85. The van der Waals surface area contributed by atoms with Crippen molar-refractivity contribution in [2.45, 2.75) is 6.92 Å². The first kappa shape index (κ1) is 17.9. The molecule has 24 heavy (non-hydrogen) atoms. The molecule has 6 nitrogen and oxygen atoms in total. The molecule has 2 rings (SSSR count). The Bertz CT molecular complexity index is 824. The van der Waals surface area contributed by atoms with Gasteiger partial charge in [0, 0.05) is 30.7 Å². The lowest BCUT2D eigenvalue weighted by molar-refractivity contribution is -0.384. The van der Waals surface area contributed by atoms with Gasteiger partial charge in [-0.25, -0.2) is 4.39 Å². The number of amides is 1. The Morgan fingerprint density at radius 2 is 1.96 bits per heavy atom. The fraction of sp³-hybridized carbons (Fsp3) is 0.188. The van der Waals surface area contributed by atoms with Gasteiger partial charge in [-0.1, -0.05) is 6.07 Å². The van der Waals surface area contributed by atoms with Crippen LogP contribution in [0.3, 0.4) is 0 Å². The van der Waals surface area contributed by atoms with E-state index in [0.29, 0.717) is 10.2 Å². The molecular formula is C16H15BrFN3O3. The van der Waals surface area contributed by atoms with E-state index in [1.54, 1.807) is 26.2 Å². The number of benzene rings is 2. The Hall–Kier alpha value is -2.48. The van der Waals surface area contributed by atoms with Crippen molar-refractivity contribution in [3.63, 3.8) is 0 Å². The van der Waals surface area contributed by atoms with Crippen LogP contribution < -0.4 is 10.2 Å². The molecular weight excluding hydrogens is 381 g/mol. The van der Waals surface area contributed by atoms with Gasteiger partial charge in [-0.3, -0.25) is 14.9 Å². The minimum absolute atomic E-state index is 0.0887. The maximum absolute atomic E-state index is 14.3. The number of aryl methyl sites for hydroxylation is 1. The SMILES string of the molecule is Cc1ccc(Br)c(NC(=O)c2cc([N+](=O)[O-])c(N(C)C)cc2F)c1. The quantitative estimate of drug-likeness (QED) is 0.623. The molecule has 1 N–H and O–H groups in total. The fourth-order valence-corrected chi connectivity index (χ4v) is 2.50. The smallest absolute Gasteiger partial charge is 0.293 e. The number of carbonyl (C=O) groups excluding carboxylic acids is 1. The van der Waals surface area contributed by atoms with Crippen molar-refractivity contribution in [2.24, 2.45) is 0 Å². The molecule has 0 aliphatic heterocycles. The minimum Gasteiger partial charge on any atom is -0.372 e. The van der Waals surface area contributed by atoms with Crippen molar-refractivity contribution in [3.8, 4) is 0 Å². The largest absolute Gasteiger partial charge is 0.372 e. The fourth-order valence-electron chi connectivity index (χ4n) is 2.15. The van der Waals surface area contributed by atoms with E-state index in [1.807, 2.05) is 13.0 Å². The first-order valence-electron chi connectivity index (χ1n) is 6.93. The molecule has 0 saturated heterocycles. The van der Waals surface area contributed by atoms with Crippen molar-refractivity contribution >= 4 is 38.9 Å². The van der Waals surface area contributed by atoms with Gasteiger partial charge in [0.15, 0.2) is 0 Å². The Kier molecular flexibility index (Phi) is 5.18. The van der Waals surface area contributed by atoms with Crippen molar-refractivity contribution in [1.29, 1.82) is 0 Å². The van der Waals surface area contributed by atoms with Crippen molar-refractivity contribution in [1.82, 2.24) is 0 Å². The van der Waals surface area contributed by atoms with Crippen LogP contribution in [0.4, 0.5) is 21.5 Å². The third-order valence-corrected chi connectivity index (χ3v) is 4.05. The second-order valence-electron chi connectivity index (χ2n) is 5.41. The van der Waals surface area contributed by atoms with E-state index < -0.39 is 16.6 Å². The number of anilines is 2. The van der Waals surface area contributed by atoms with Crippen LogP contribution in [0, 0.1) is 22.9 Å². The maximum Gasteiger partial charge on any atom is 0.293 e. The molecule has 0 heterocycles. The van der Waals surface area contributed by atoms with E-state index >= 15 is 0 Å². The molecule has 0 bridgehead atoms. The summed E-state index contributed by atoms with van der Waals surface area (Å²) < 4.78 is 14.9. The highest BCUT2D eigenvalue weighted by Gasteiger charge is 2.23. The number of nitrogens with one attached hydrogen (secondary N) is 1. The topological polar surface area (TPSA) is 75.5 Å². The van der Waals surface area contributed by atoms with Crippen LogP contribution in [0.2, 0.25) is 0 Å². The Morgan fingerprint density at radius 3 is 2.54 bits per heavy atom. The predicted octanol–water partition coefficient (Wildman–Crippen LogP) is 4.12. The molecule has 0 aliphatic carbocycles. The van der Waals surface area contributed by atoms with E-state index in [9.17, 15) is 19.3 Å². The van der Waals surface area contributed by atoms with Gasteiger partial charge in [0.25, 0.3) is 11.6 Å². The lowest BCUT2D eigenvalue weighted by atomic mass is 10.1. The van der Waals surface area contributed by atoms with E-state index in [-0.39, 0.29) is 16.9 Å². The molecule has 0 spiro atoms. The van der Waals surface area contributed by atoms with Gasteiger partial charge in [-0.05, 0) is 40.5 Å². The molecule has 126 valence electrons. The molecule has 0 radical (unpaired) electrons. The lowest BCUT2D eigenvalue weighted by Crippen LogP contribution is -2.17. The molecule has 0 atom stereocenters. The van der Waals surface area contributed by atoms with Crippen molar-refractivity contribution < 1.29 is 14.1 Å². The molecule has 0 aromatic heterocycles. The molecule has 8 heteroatoms. The van der Waals surface area contributed by atoms with Crippen molar-refractivity contribution in [2.75, 3.05) is 24.3 Å². The minimum atomic E-state index is -0.828. The zero-order valence-electron chi connectivity index (χ0n) is 13.3. The summed E-state index contributed by atoms with van der Waals surface area (Å²) in [4.78, 5) is 24.3. The number of halogens is 2. The second kappa shape index (κ2) is 6.96. The van der Waals surface area contributed by atoms with E-state index in [1.165, 1.54) is 4.90 Å². The van der Waals surface area contributed by atoms with Crippen LogP contribution in [0.1, 0.15) is 15.9 Å². The van der Waals surface area contributed by atoms with Gasteiger partial charge in [-0.2, -0.15) is 0 Å². The van der Waals surface area contributed by atoms with E-state index in [4.69, 9.17) is 0 Å². The monoisotopic (exact) mass is 395 g/mol. The summed E-state index contributed by atoms with van der Waals surface area (Å²) in [5, 5.41) is 13.7. The molecule has 0 unspecified atom stereocenters. The average Bonchev–Trinajstić information content (AvgIpc) is 2.50. The Labute approximate surface area is 146 Å². The third kappa shape index (κ3) is 3.70. The summed E-state index contributed by atoms with van der Waals surface area (Å²) in [5.41, 5.74) is 0.725. The summed E-state index contributed by atoms with van der Waals surface area (Å²) in [6.07, 6.45) is 0. The first-order chi connectivity index (χ1) is 11.2. The standard InChI is InChI=1S/C16H15BrFN3O3/c1-9-4-5-11(17)13(6-9)19-16(22)10-7-15(21(23)24)14(20(2)3)8-12(10)18/h4-8H,1-3H3,(H,19,22). The number of nitrogens with zero attached hydrogens (tertiary/aromatic N) is 2. The summed E-state index contributed by atoms with van der Waals surface area (Å²) in [7, 11) is 3.12. The summed E-state index contributed by atoms with van der Waals surface area (Å²) in [5.74, 6) is -1.59. The zero-order valence-corrected chi connectivity index (χ0v) is 14.8. The third-order valence-electron chi connectivity index (χ3n) is 3.36. The Balaban J connectivity index is 2.44. The highest BCUT2D eigenvalue weighted by atomic mass is 79.9. The number of hydrogen-bond acceptors (Lipinski definition) is 4. The number of nitro groups is 1. The first-order valence-corrected chi connectivity index (χ1v) is 7.72. The van der Waals surface area contributed by atoms with Crippen LogP contribution in [0.25, 0.3) is 0 Å². The molecule has 0 saturated carbocycles. The molecule has 0 fully saturated rings.